The van der Waals surface area contributed by atoms with Gasteiger partial charge in [0.1, 0.15) is 5.82 Å². The maximum absolute atomic E-state index is 13.6. The Morgan fingerprint density at radius 3 is 2.58 bits per heavy atom. The number of hydrogen-bond donors (Lipinski definition) is 1. The van der Waals surface area contributed by atoms with Crippen LogP contribution in [0.25, 0.3) is 0 Å². The van der Waals surface area contributed by atoms with Gasteiger partial charge in [0.2, 0.25) is 0 Å². The van der Waals surface area contributed by atoms with E-state index in [-0.39, 0.29) is 5.82 Å². The first-order chi connectivity index (χ1) is 9.08. The van der Waals surface area contributed by atoms with Gasteiger partial charge in [0, 0.05) is 31.2 Å². The Hall–Kier alpha value is -1.74. The van der Waals surface area contributed by atoms with Crippen LogP contribution in [0, 0.1) is 5.82 Å². The summed E-state index contributed by atoms with van der Waals surface area (Å²) in [6, 6.07) is 12.4. The summed E-state index contributed by atoms with van der Waals surface area (Å²) in [4.78, 5) is 1.99. The molecule has 0 aliphatic heterocycles. The predicted molar refractivity (Wildman–Crippen MR) is 79.5 cm³/mol. The second-order valence-corrected chi connectivity index (χ2v) is 4.94. The molecule has 2 aromatic carbocycles. The van der Waals surface area contributed by atoms with Crippen LogP contribution in [0.3, 0.4) is 0 Å². The van der Waals surface area contributed by atoms with Crippen LogP contribution in [0.15, 0.2) is 42.5 Å². The lowest BCUT2D eigenvalue weighted by atomic mass is 10.2. The molecule has 2 aromatic rings. The lowest BCUT2D eigenvalue weighted by molar-refractivity contribution is 0.613. The van der Waals surface area contributed by atoms with Crippen LogP contribution in [0.1, 0.15) is 5.56 Å². The summed E-state index contributed by atoms with van der Waals surface area (Å²) in [5.41, 5.74) is 2.54. The Kier molecular flexibility index (Phi) is 4.27. The molecule has 100 valence electrons. The van der Waals surface area contributed by atoms with Gasteiger partial charge in [-0.25, -0.2) is 4.39 Å². The topological polar surface area (TPSA) is 15.3 Å². The molecule has 2 rings (SSSR count). The summed E-state index contributed by atoms with van der Waals surface area (Å²) >= 11 is 6.00. The van der Waals surface area contributed by atoms with E-state index in [2.05, 4.69) is 5.32 Å². The first kappa shape index (κ1) is 13.7. The van der Waals surface area contributed by atoms with E-state index in [0.717, 1.165) is 11.4 Å². The lowest BCUT2D eigenvalue weighted by Crippen LogP contribution is -2.12. The van der Waals surface area contributed by atoms with Gasteiger partial charge in [0.25, 0.3) is 0 Å². The van der Waals surface area contributed by atoms with E-state index in [1.54, 1.807) is 12.1 Å². The molecule has 19 heavy (non-hydrogen) atoms. The Bertz CT molecular complexity index is 570. The summed E-state index contributed by atoms with van der Waals surface area (Å²) in [7, 11) is 3.91. The van der Waals surface area contributed by atoms with E-state index < -0.39 is 0 Å². The zero-order chi connectivity index (χ0) is 13.8. The van der Waals surface area contributed by atoms with Crippen molar-refractivity contribution in [3.05, 3.63) is 58.9 Å². The van der Waals surface area contributed by atoms with E-state index >= 15 is 0 Å². The SMILES string of the molecule is CN(C)c1ccc(Cl)cc1NCc1ccccc1F. The smallest absolute Gasteiger partial charge is 0.128 e. The van der Waals surface area contributed by atoms with Crippen molar-refractivity contribution < 1.29 is 4.39 Å². The maximum Gasteiger partial charge on any atom is 0.128 e. The number of benzene rings is 2. The third-order valence-electron chi connectivity index (χ3n) is 2.87. The summed E-state index contributed by atoms with van der Waals surface area (Å²) in [5, 5.41) is 3.88. The van der Waals surface area contributed by atoms with Crippen molar-refractivity contribution in [3.8, 4) is 0 Å². The Morgan fingerprint density at radius 1 is 1.16 bits per heavy atom. The lowest BCUT2D eigenvalue weighted by Gasteiger charge is -2.19. The number of hydrogen-bond acceptors (Lipinski definition) is 2. The van der Waals surface area contributed by atoms with Crippen LogP contribution in [-0.2, 0) is 6.54 Å². The number of nitrogens with one attached hydrogen (secondary N) is 1. The highest BCUT2D eigenvalue weighted by atomic mass is 35.5. The standard InChI is InChI=1S/C15H16ClFN2/c1-19(2)15-8-7-12(16)9-14(15)18-10-11-5-3-4-6-13(11)17/h3-9,18H,10H2,1-2H3. The monoisotopic (exact) mass is 278 g/mol. The minimum atomic E-state index is -0.205. The van der Waals surface area contributed by atoms with Gasteiger partial charge in [0.05, 0.1) is 11.4 Å². The van der Waals surface area contributed by atoms with Gasteiger partial charge in [-0.15, -0.1) is 0 Å². The van der Waals surface area contributed by atoms with Gasteiger partial charge < -0.3 is 10.2 Å². The fourth-order valence-electron chi connectivity index (χ4n) is 1.87. The van der Waals surface area contributed by atoms with Crippen LogP contribution >= 0.6 is 11.6 Å². The molecule has 0 unspecified atom stereocenters. The minimum absolute atomic E-state index is 0.205. The van der Waals surface area contributed by atoms with Gasteiger partial charge in [-0.2, -0.15) is 0 Å². The molecule has 0 spiro atoms. The summed E-state index contributed by atoms with van der Waals surface area (Å²) in [6.45, 7) is 0.424. The molecule has 0 heterocycles. The first-order valence-corrected chi connectivity index (χ1v) is 6.40. The van der Waals surface area contributed by atoms with Crippen molar-refractivity contribution in [2.24, 2.45) is 0 Å². The molecule has 0 fully saturated rings. The Morgan fingerprint density at radius 2 is 1.89 bits per heavy atom. The quantitative estimate of drug-likeness (QED) is 0.903. The van der Waals surface area contributed by atoms with Crippen molar-refractivity contribution in [2.45, 2.75) is 6.54 Å². The Labute approximate surface area is 117 Å². The van der Waals surface area contributed by atoms with Crippen molar-refractivity contribution >= 4 is 23.0 Å². The summed E-state index contributed by atoms with van der Waals surface area (Å²) in [5.74, 6) is -0.205. The highest BCUT2D eigenvalue weighted by molar-refractivity contribution is 6.31. The summed E-state index contributed by atoms with van der Waals surface area (Å²) in [6.07, 6.45) is 0. The van der Waals surface area contributed by atoms with Crippen molar-refractivity contribution in [2.75, 3.05) is 24.3 Å². The van der Waals surface area contributed by atoms with Gasteiger partial charge in [-0.05, 0) is 24.3 Å². The van der Waals surface area contributed by atoms with Gasteiger partial charge in [0.15, 0.2) is 0 Å². The molecule has 0 amide bonds. The van der Waals surface area contributed by atoms with Crippen LogP contribution < -0.4 is 10.2 Å². The fraction of sp³-hybridized carbons (Fsp3) is 0.200. The molecule has 2 nitrogen and oxygen atoms in total. The Balaban J connectivity index is 2.19. The third-order valence-corrected chi connectivity index (χ3v) is 3.10. The fourth-order valence-corrected chi connectivity index (χ4v) is 2.04. The largest absolute Gasteiger partial charge is 0.379 e. The molecule has 0 bridgehead atoms. The molecule has 0 radical (unpaired) electrons. The molecule has 1 N–H and O–H groups in total. The van der Waals surface area contributed by atoms with Crippen molar-refractivity contribution in [3.63, 3.8) is 0 Å². The first-order valence-electron chi connectivity index (χ1n) is 6.02. The third kappa shape index (κ3) is 3.38. The second-order valence-electron chi connectivity index (χ2n) is 4.50. The minimum Gasteiger partial charge on any atom is -0.379 e. The van der Waals surface area contributed by atoms with Gasteiger partial charge in [-0.3, -0.25) is 0 Å². The molecular weight excluding hydrogens is 263 g/mol. The van der Waals surface area contributed by atoms with Crippen LogP contribution in [0.2, 0.25) is 5.02 Å². The zero-order valence-electron chi connectivity index (χ0n) is 11.0. The number of anilines is 2. The van der Waals surface area contributed by atoms with Crippen molar-refractivity contribution in [1.82, 2.24) is 0 Å². The maximum atomic E-state index is 13.6. The number of nitrogens with zero attached hydrogens (tertiary/aromatic N) is 1. The average molecular weight is 279 g/mol. The van der Waals surface area contributed by atoms with Crippen LogP contribution in [-0.4, -0.2) is 14.1 Å². The highest BCUT2D eigenvalue weighted by Crippen LogP contribution is 2.28. The molecule has 0 saturated carbocycles. The van der Waals surface area contributed by atoms with E-state index in [1.807, 2.05) is 43.3 Å². The normalized spacial score (nSPS) is 10.3. The molecule has 4 heteroatoms. The van der Waals surface area contributed by atoms with E-state index in [9.17, 15) is 4.39 Å². The van der Waals surface area contributed by atoms with Crippen LogP contribution in [0.5, 0.6) is 0 Å². The van der Waals surface area contributed by atoms with Gasteiger partial charge in [-0.1, -0.05) is 29.8 Å². The molecule has 0 atom stereocenters. The molecule has 0 aliphatic rings. The molecule has 0 aliphatic carbocycles. The zero-order valence-corrected chi connectivity index (χ0v) is 11.7. The van der Waals surface area contributed by atoms with Crippen molar-refractivity contribution in [1.29, 1.82) is 0 Å². The van der Waals surface area contributed by atoms with E-state index in [0.29, 0.717) is 17.1 Å². The average Bonchev–Trinajstić information content (AvgIpc) is 2.37. The van der Waals surface area contributed by atoms with Crippen LogP contribution in [0.4, 0.5) is 15.8 Å². The number of rotatable bonds is 4. The molecule has 0 aromatic heterocycles. The molecule has 0 saturated heterocycles. The van der Waals surface area contributed by atoms with E-state index in [1.165, 1.54) is 6.07 Å². The summed E-state index contributed by atoms with van der Waals surface area (Å²) < 4.78 is 13.6. The number of halogens is 2. The highest BCUT2D eigenvalue weighted by Gasteiger charge is 2.06. The second kappa shape index (κ2) is 5.93. The van der Waals surface area contributed by atoms with E-state index in [4.69, 9.17) is 11.6 Å². The predicted octanol–water partition coefficient (Wildman–Crippen LogP) is 4.16. The molecular formula is C15H16ClFN2. The van der Waals surface area contributed by atoms with Gasteiger partial charge >= 0.3 is 0 Å².